The Hall–Kier alpha value is -2.12. The molecule has 1 atom stereocenters. The number of anilines is 2. The van der Waals surface area contributed by atoms with Gasteiger partial charge in [-0.3, -0.25) is 4.21 Å². The predicted octanol–water partition coefficient (Wildman–Crippen LogP) is 4.24. The van der Waals surface area contributed by atoms with Crippen LogP contribution in [-0.2, 0) is 17.7 Å². The first-order valence-corrected chi connectivity index (χ1v) is 10.2. The average molecular weight is 433 g/mol. The molecule has 1 aromatic heterocycles. The lowest BCUT2D eigenvalue weighted by atomic mass is 10.2. The number of halogens is 3. The molecule has 8 nitrogen and oxygen atoms in total. The van der Waals surface area contributed by atoms with Crippen molar-refractivity contribution >= 4 is 44.8 Å². The number of aryl methyl sites for hydroxylation is 1. The lowest BCUT2D eigenvalue weighted by Crippen LogP contribution is -2.39. The summed E-state index contributed by atoms with van der Waals surface area (Å²) in [6, 6.07) is 4.09. The molecule has 1 aliphatic heterocycles. The monoisotopic (exact) mass is 433 g/mol. The first-order valence-electron chi connectivity index (χ1n) is 8.39. The third-order valence-corrected chi connectivity index (χ3v) is 5.68. The molecule has 0 N–H and O–H groups in total. The zero-order valence-electron chi connectivity index (χ0n) is 14.7. The number of hydrogen-bond donors (Lipinski definition) is 0. The maximum atomic E-state index is 13.4. The maximum absolute atomic E-state index is 13.4. The fraction of sp³-hybridized carbons (Fsp3) is 0.467. The van der Waals surface area contributed by atoms with Gasteiger partial charge in [0.05, 0.1) is 17.0 Å². The Labute approximate surface area is 165 Å². The molecule has 0 radical (unpaired) electrons. The van der Waals surface area contributed by atoms with E-state index in [4.69, 9.17) is 0 Å². The van der Waals surface area contributed by atoms with E-state index >= 15 is 0 Å². The second kappa shape index (κ2) is 8.49. The molecule has 1 fully saturated rings. The van der Waals surface area contributed by atoms with E-state index in [1.165, 1.54) is 12.1 Å². The van der Waals surface area contributed by atoms with E-state index in [1.807, 2.05) is 11.8 Å². The van der Waals surface area contributed by atoms with Crippen LogP contribution in [0.3, 0.4) is 0 Å². The highest BCUT2D eigenvalue weighted by atomic mass is 32.2. The average Bonchev–Trinajstić information content (AvgIpc) is 3.31. The van der Waals surface area contributed by atoms with Crippen LogP contribution in [0.4, 0.5) is 35.4 Å². The minimum atomic E-state index is -5.14. The summed E-state index contributed by atoms with van der Waals surface area (Å²) in [6.07, 6.45) is -2.66. The topological polar surface area (TPSA) is 97.1 Å². The zero-order chi connectivity index (χ0) is 20.3. The number of rotatable bonds is 6. The Bertz CT molecular complexity index is 883. The van der Waals surface area contributed by atoms with Crippen LogP contribution < -0.4 is 9.21 Å². The molecule has 0 spiro atoms. The minimum absolute atomic E-state index is 0.174. The molecule has 3 rings (SSSR count). The molecule has 1 aliphatic rings. The standard InChI is InChI=1S/C15H17F3N6O2S2/c1-2-13-20-22-14(27-13)21-19-11-6-5-10(23-7-3-4-8-23)9-12(11)24(28(25)26)15(16,17)18/h5-6,9H,2-4,7-8H2,1H3,(H,25,26)/p-1. The second-order valence-corrected chi connectivity index (χ2v) is 7.72. The summed E-state index contributed by atoms with van der Waals surface area (Å²) in [4.78, 5) is 1.89. The number of nitrogens with zero attached hydrogens (tertiary/aromatic N) is 6. The van der Waals surface area contributed by atoms with Gasteiger partial charge in [-0.25, -0.2) is 4.31 Å². The maximum Gasteiger partial charge on any atom is 0.495 e. The van der Waals surface area contributed by atoms with E-state index in [2.05, 4.69) is 20.4 Å². The number of alkyl halides is 3. The minimum Gasteiger partial charge on any atom is -0.755 e. The molecule has 2 heterocycles. The molecule has 2 aromatic rings. The van der Waals surface area contributed by atoms with Gasteiger partial charge in [-0.05, 0) is 37.5 Å². The predicted molar refractivity (Wildman–Crippen MR) is 98.8 cm³/mol. The smallest absolute Gasteiger partial charge is 0.495 e. The highest BCUT2D eigenvalue weighted by molar-refractivity contribution is 7.80. The van der Waals surface area contributed by atoms with Gasteiger partial charge in [0.25, 0.3) is 5.13 Å². The Morgan fingerprint density at radius 1 is 1.29 bits per heavy atom. The molecule has 13 heteroatoms. The van der Waals surface area contributed by atoms with Crippen LogP contribution in [0.2, 0.25) is 0 Å². The van der Waals surface area contributed by atoms with Crippen molar-refractivity contribution in [2.75, 3.05) is 22.3 Å². The van der Waals surface area contributed by atoms with Crippen LogP contribution in [0.5, 0.6) is 0 Å². The van der Waals surface area contributed by atoms with Gasteiger partial charge in [0.1, 0.15) is 10.7 Å². The van der Waals surface area contributed by atoms with Gasteiger partial charge in [0.2, 0.25) is 0 Å². The molecule has 1 aromatic carbocycles. The van der Waals surface area contributed by atoms with Crippen LogP contribution in [-0.4, -0.2) is 38.3 Å². The Balaban J connectivity index is 2.03. The van der Waals surface area contributed by atoms with Gasteiger partial charge in [0.15, 0.2) is 0 Å². The molecule has 152 valence electrons. The Kier molecular flexibility index (Phi) is 6.25. The second-order valence-electron chi connectivity index (χ2n) is 5.88. The lowest BCUT2D eigenvalue weighted by Gasteiger charge is -2.30. The largest absolute Gasteiger partial charge is 0.755 e. The van der Waals surface area contributed by atoms with Crippen molar-refractivity contribution in [2.24, 2.45) is 10.2 Å². The third-order valence-electron chi connectivity index (χ3n) is 4.03. The molecule has 0 aliphatic carbocycles. The Morgan fingerprint density at radius 3 is 2.57 bits per heavy atom. The van der Waals surface area contributed by atoms with Crippen molar-refractivity contribution in [1.82, 2.24) is 10.2 Å². The van der Waals surface area contributed by atoms with Gasteiger partial charge in [-0.15, -0.1) is 33.6 Å². The highest BCUT2D eigenvalue weighted by Crippen LogP contribution is 2.40. The summed E-state index contributed by atoms with van der Waals surface area (Å²) in [5.41, 5.74) is -0.359. The van der Waals surface area contributed by atoms with E-state index in [0.29, 0.717) is 30.2 Å². The van der Waals surface area contributed by atoms with Crippen molar-refractivity contribution in [2.45, 2.75) is 32.5 Å². The van der Waals surface area contributed by atoms with Crippen LogP contribution >= 0.6 is 11.3 Å². The van der Waals surface area contributed by atoms with Crippen LogP contribution in [0.25, 0.3) is 0 Å². The summed E-state index contributed by atoms with van der Waals surface area (Å²) in [7, 11) is 0. The fourth-order valence-corrected chi connectivity index (χ4v) is 3.83. The van der Waals surface area contributed by atoms with Gasteiger partial charge in [0, 0.05) is 18.8 Å². The van der Waals surface area contributed by atoms with Gasteiger partial charge in [-0.2, -0.15) is 0 Å². The van der Waals surface area contributed by atoms with Crippen molar-refractivity contribution in [3.05, 3.63) is 23.2 Å². The number of hydrogen-bond acceptors (Lipinski definition) is 8. The molecular weight excluding hydrogens is 417 g/mol. The van der Waals surface area contributed by atoms with E-state index in [0.717, 1.165) is 24.2 Å². The third kappa shape index (κ3) is 4.64. The molecular formula is C15H16F3N6O2S2-. The SMILES string of the molecule is CCc1nnc(N=Nc2ccc(N3CCCC3)cc2N(S(=O)[O-])C(F)(F)F)s1. The normalized spacial score (nSPS) is 16.1. The Morgan fingerprint density at radius 2 is 2.00 bits per heavy atom. The van der Waals surface area contributed by atoms with E-state index < -0.39 is 27.6 Å². The summed E-state index contributed by atoms with van der Waals surface area (Å²) < 4.78 is 62.2. The van der Waals surface area contributed by atoms with Gasteiger partial charge in [-0.1, -0.05) is 18.3 Å². The van der Waals surface area contributed by atoms with Crippen LogP contribution in [0.1, 0.15) is 24.8 Å². The summed E-state index contributed by atoms with van der Waals surface area (Å²) >= 11 is -2.42. The van der Waals surface area contributed by atoms with Crippen molar-refractivity contribution in [1.29, 1.82) is 0 Å². The van der Waals surface area contributed by atoms with Gasteiger partial charge >= 0.3 is 6.30 Å². The van der Waals surface area contributed by atoms with Crippen molar-refractivity contribution in [3.8, 4) is 0 Å². The van der Waals surface area contributed by atoms with Crippen molar-refractivity contribution < 1.29 is 21.9 Å². The molecule has 0 saturated carbocycles. The van der Waals surface area contributed by atoms with E-state index in [9.17, 15) is 21.9 Å². The molecule has 0 bridgehead atoms. The molecule has 1 saturated heterocycles. The first kappa shape index (κ1) is 20.6. The van der Waals surface area contributed by atoms with Gasteiger partial charge < -0.3 is 9.45 Å². The van der Waals surface area contributed by atoms with Crippen LogP contribution in [0.15, 0.2) is 28.4 Å². The molecule has 1 unspecified atom stereocenters. The number of azo groups is 1. The fourth-order valence-electron chi connectivity index (χ4n) is 2.76. The highest BCUT2D eigenvalue weighted by Gasteiger charge is 2.40. The number of aromatic nitrogens is 2. The molecule has 28 heavy (non-hydrogen) atoms. The first-order chi connectivity index (χ1) is 13.3. The summed E-state index contributed by atoms with van der Waals surface area (Å²) in [5.74, 6) is 0. The van der Waals surface area contributed by atoms with Crippen molar-refractivity contribution in [3.63, 3.8) is 0 Å². The molecule has 0 amide bonds. The van der Waals surface area contributed by atoms with Crippen LogP contribution in [0, 0.1) is 0 Å². The van der Waals surface area contributed by atoms with E-state index in [-0.39, 0.29) is 10.8 Å². The quantitative estimate of drug-likeness (QED) is 0.386. The summed E-state index contributed by atoms with van der Waals surface area (Å²) in [6.45, 7) is 3.26. The number of benzene rings is 1. The zero-order valence-corrected chi connectivity index (χ0v) is 16.4. The summed E-state index contributed by atoms with van der Waals surface area (Å²) in [5, 5.41) is 16.1. The lowest BCUT2D eigenvalue weighted by molar-refractivity contribution is -0.115. The van der Waals surface area contributed by atoms with E-state index in [1.54, 1.807) is 6.07 Å².